The monoisotopic (exact) mass is 362 g/mol. The van der Waals surface area contributed by atoms with E-state index in [1.165, 1.54) is 12.1 Å². The predicted octanol–water partition coefficient (Wildman–Crippen LogP) is 3.55. The van der Waals surface area contributed by atoms with Crippen molar-refractivity contribution < 1.29 is 8.78 Å². The van der Waals surface area contributed by atoms with Crippen LogP contribution in [-0.4, -0.2) is 19.5 Å². The quantitative estimate of drug-likeness (QED) is 0.606. The highest BCUT2D eigenvalue weighted by atomic mass is 19.2. The summed E-state index contributed by atoms with van der Waals surface area (Å²) < 4.78 is 29.7. The van der Waals surface area contributed by atoms with Gasteiger partial charge in [0.15, 0.2) is 17.3 Å². The zero-order valence-electron chi connectivity index (χ0n) is 13.9. The van der Waals surface area contributed by atoms with Crippen molar-refractivity contribution in [2.24, 2.45) is 0 Å². The Hall–Kier alpha value is -3.61. The maximum atomic E-state index is 14.2. The molecule has 0 spiro atoms. The molecule has 0 atom stereocenters. The number of halogens is 2. The highest BCUT2D eigenvalue weighted by Gasteiger charge is 2.18. The van der Waals surface area contributed by atoms with Crippen LogP contribution in [0.5, 0.6) is 0 Å². The molecule has 0 aliphatic heterocycles. The van der Waals surface area contributed by atoms with Crippen LogP contribution in [0.15, 0.2) is 59.6 Å². The number of benzene rings is 1. The van der Waals surface area contributed by atoms with Gasteiger partial charge in [-0.25, -0.2) is 18.7 Å². The van der Waals surface area contributed by atoms with Gasteiger partial charge in [0, 0.05) is 23.2 Å². The van der Waals surface area contributed by atoms with Crippen LogP contribution >= 0.6 is 0 Å². The minimum Gasteiger partial charge on any atom is -0.319 e. The Labute approximate surface area is 151 Å². The second-order valence-corrected chi connectivity index (χ2v) is 6.29. The van der Waals surface area contributed by atoms with E-state index in [0.29, 0.717) is 22.4 Å². The third kappa shape index (κ3) is 2.39. The number of nitrogens with zero attached hydrogens (tertiary/aromatic N) is 3. The fraction of sp³-hybridized carbons (Fsp3) is 0.0500. The molecule has 0 fully saturated rings. The van der Waals surface area contributed by atoms with Crippen LogP contribution in [0.25, 0.3) is 27.6 Å². The van der Waals surface area contributed by atoms with E-state index in [-0.39, 0.29) is 12.1 Å². The predicted molar refractivity (Wildman–Crippen MR) is 98.2 cm³/mol. The standard InChI is InChI=1S/C20H12F2N4O/c21-14-7-6-13-12(9-16(27)24-18(13)17(14)22)10-26-15-5-2-8-23-19(15)25-20(26)11-3-1-4-11/h1-9H,10H2,(H,24,27). The molecule has 1 aliphatic rings. The highest BCUT2D eigenvalue weighted by Crippen LogP contribution is 2.28. The number of imidazole rings is 1. The largest absolute Gasteiger partial charge is 0.319 e. The number of fused-ring (bicyclic) bond motifs is 2. The lowest BCUT2D eigenvalue weighted by Crippen LogP contribution is -2.12. The maximum absolute atomic E-state index is 14.2. The lowest BCUT2D eigenvalue weighted by Gasteiger charge is -2.14. The number of pyridine rings is 2. The number of hydrogen-bond donors (Lipinski definition) is 1. The van der Waals surface area contributed by atoms with E-state index in [4.69, 9.17) is 0 Å². The van der Waals surface area contributed by atoms with Crippen LogP contribution in [0.1, 0.15) is 11.4 Å². The van der Waals surface area contributed by atoms with Gasteiger partial charge in [0.2, 0.25) is 5.56 Å². The molecule has 0 unspecified atom stereocenters. The first-order valence-corrected chi connectivity index (χ1v) is 8.32. The van der Waals surface area contributed by atoms with Crippen molar-refractivity contribution in [3.8, 4) is 0 Å². The van der Waals surface area contributed by atoms with Crippen LogP contribution < -0.4 is 5.56 Å². The van der Waals surface area contributed by atoms with Crippen LogP contribution in [0.4, 0.5) is 8.78 Å². The third-order valence-electron chi connectivity index (χ3n) is 4.66. The summed E-state index contributed by atoms with van der Waals surface area (Å²) in [5.74, 6) is -1.35. The molecule has 1 N–H and O–H groups in total. The first-order valence-electron chi connectivity index (χ1n) is 8.32. The molecule has 3 heterocycles. The van der Waals surface area contributed by atoms with Crippen LogP contribution in [0, 0.1) is 11.6 Å². The van der Waals surface area contributed by atoms with Crippen molar-refractivity contribution in [3.05, 3.63) is 88.1 Å². The number of rotatable bonds is 3. The van der Waals surface area contributed by atoms with Gasteiger partial charge in [-0.15, -0.1) is 0 Å². The van der Waals surface area contributed by atoms with Crippen LogP contribution in [-0.2, 0) is 6.54 Å². The summed E-state index contributed by atoms with van der Waals surface area (Å²) in [4.78, 5) is 23.3. The van der Waals surface area contributed by atoms with E-state index < -0.39 is 17.2 Å². The number of aromatic nitrogens is 4. The van der Waals surface area contributed by atoms with Gasteiger partial charge in [-0.05, 0) is 29.8 Å². The molecular weight excluding hydrogens is 350 g/mol. The fourth-order valence-electron chi connectivity index (χ4n) is 3.32. The highest BCUT2D eigenvalue weighted by molar-refractivity contribution is 5.85. The molecule has 4 aromatic rings. The summed E-state index contributed by atoms with van der Waals surface area (Å²) in [5.41, 5.74) is 2.27. The van der Waals surface area contributed by atoms with Crippen molar-refractivity contribution in [3.63, 3.8) is 0 Å². The third-order valence-corrected chi connectivity index (χ3v) is 4.66. The number of H-pyrrole nitrogens is 1. The number of nitrogens with one attached hydrogen (secondary N) is 1. The SMILES string of the molecule is O=c1cc(Cn2c(C3=CC=C3)nc3ncccc32)c2ccc(F)c(F)c2[nH]1. The summed E-state index contributed by atoms with van der Waals surface area (Å²) >= 11 is 0. The molecule has 0 radical (unpaired) electrons. The summed E-state index contributed by atoms with van der Waals surface area (Å²) in [6.07, 6.45) is 7.44. The molecule has 1 aliphatic carbocycles. The minimum atomic E-state index is -1.06. The second-order valence-electron chi connectivity index (χ2n) is 6.29. The zero-order chi connectivity index (χ0) is 18.5. The Kier molecular flexibility index (Phi) is 3.30. The molecule has 0 bridgehead atoms. The number of hydrogen-bond acceptors (Lipinski definition) is 3. The molecule has 0 amide bonds. The van der Waals surface area contributed by atoms with E-state index >= 15 is 0 Å². The van der Waals surface area contributed by atoms with Crippen molar-refractivity contribution in [2.75, 3.05) is 0 Å². The van der Waals surface area contributed by atoms with Gasteiger partial charge in [-0.3, -0.25) is 4.79 Å². The zero-order valence-corrected chi connectivity index (χ0v) is 13.9. The van der Waals surface area contributed by atoms with E-state index in [2.05, 4.69) is 15.0 Å². The van der Waals surface area contributed by atoms with Crippen molar-refractivity contribution in [1.29, 1.82) is 0 Å². The van der Waals surface area contributed by atoms with Crippen molar-refractivity contribution >= 4 is 27.6 Å². The smallest absolute Gasteiger partial charge is 0.248 e. The molecule has 132 valence electrons. The Bertz CT molecular complexity index is 1350. The van der Waals surface area contributed by atoms with E-state index in [1.807, 2.05) is 28.9 Å². The normalized spacial score (nSPS) is 13.2. The van der Waals surface area contributed by atoms with Crippen molar-refractivity contribution in [2.45, 2.75) is 6.54 Å². The molecule has 27 heavy (non-hydrogen) atoms. The number of aromatic amines is 1. The molecular formula is C20H12F2N4O. The lowest BCUT2D eigenvalue weighted by molar-refractivity contribution is 0.515. The van der Waals surface area contributed by atoms with E-state index in [0.717, 1.165) is 17.2 Å². The van der Waals surface area contributed by atoms with Crippen molar-refractivity contribution in [1.82, 2.24) is 19.5 Å². The molecule has 1 aromatic carbocycles. The van der Waals surface area contributed by atoms with Gasteiger partial charge < -0.3 is 9.55 Å². The summed E-state index contributed by atoms with van der Waals surface area (Å²) in [7, 11) is 0. The summed E-state index contributed by atoms with van der Waals surface area (Å²) in [5, 5.41) is 0.448. The first kappa shape index (κ1) is 15.6. The van der Waals surface area contributed by atoms with Gasteiger partial charge in [0.25, 0.3) is 0 Å². The molecule has 5 rings (SSSR count). The minimum absolute atomic E-state index is 0.135. The maximum Gasteiger partial charge on any atom is 0.248 e. The molecule has 7 heteroatoms. The molecule has 0 saturated carbocycles. The van der Waals surface area contributed by atoms with Crippen LogP contribution in [0.2, 0.25) is 0 Å². The average molecular weight is 362 g/mol. The number of allylic oxidation sites excluding steroid dienone is 4. The van der Waals surface area contributed by atoms with Crippen LogP contribution in [0.3, 0.4) is 0 Å². The average Bonchev–Trinajstić information content (AvgIpc) is 2.95. The van der Waals surface area contributed by atoms with Gasteiger partial charge in [-0.1, -0.05) is 18.2 Å². The first-order chi connectivity index (χ1) is 13.1. The molecule has 5 nitrogen and oxygen atoms in total. The topological polar surface area (TPSA) is 63.6 Å². The summed E-state index contributed by atoms with van der Waals surface area (Å²) in [6, 6.07) is 7.62. The fourth-order valence-corrected chi connectivity index (χ4v) is 3.32. The Morgan fingerprint density at radius 2 is 2.04 bits per heavy atom. The van der Waals surface area contributed by atoms with Gasteiger partial charge >= 0.3 is 0 Å². The van der Waals surface area contributed by atoms with E-state index in [1.54, 1.807) is 12.3 Å². The summed E-state index contributed by atoms with van der Waals surface area (Å²) in [6.45, 7) is 0.272. The molecule has 3 aromatic heterocycles. The van der Waals surface area contributed by atoms with Gasteiger partial charge in [0.05, 0.1) is 17.6 Å². The van der Waals surface area contributed by atoms with Gasteiger partial charge in [0.1, 0.15) is 5.82 Å². The Balaban J connectivity index is 1.75. The lowest BCUT2D eigenvalue weighted by atomic mass is 10.1. The second kappa shape index (κ2) is 5.70. The van der Waals surface area contributed by atoms with Gasteiger partial charge in [-0.2, -0.15) is 0 Å². The molecule has 0 saturated heterocycles. The Morgan fingerprint density at radius 1 is 1.19 bits per heavy atom. The van der Waals surface area contributed by atoms with E-state index in [9.17, 15) is 13.6 Å². The Morgan fingerprint density at radius 3 is 2.81 bits per heavy atom.